The molecule has 0 aliphatic rings. The molecule has 0 spiro atoms. The summed E-state index contributed by atoms with van der Waals surface area (Å²) < 4.78 is 25.4. The summed E-state index contributed by atoms with van der Waals surface area (Å²) >= 11 is 0. The zero-order chi connectivity index (χ0) is 10.6. The second-order valence-corrected chi connectivity index (χ2v) is 5.03. The highest BCUT2D eigenvalue weighted by Crippen LogP contribution is 2.08. The van der Waals surface area contributed by atoms with Crippen LogP contribution in [0.4, 0.5) is 5.69 Å². The molecule has 5 nitrogen and oxygen atoms in total. The van der Waals surface area contributed by atoms with Crippen LogP contribution in [0.3, 0.4) is 0 Å². The van der Waals surface area contributed by atoms with Crippen molar-refractivity contribution < 1.29 is 8.42 Å². The van der Waals surface area contributed by atoms with Gasteiger partial charge in [-0.15, -0.1) is 0 Å². The first-order chi connectivity index (χ1) is 6.56. The molecule has 0 amide bonds. The van der Waals surface area contributed by atoms with E-state index < -0.39 is 15.3 Å². The Bertz CT molecular complexity index is 377. The number of aromatic nitrogens is 1. The van der Waals surface area contributed by atoms with Crippen LogP contribution in [0.25, 0.3) is 0 Å². The van der Waals surface area contributed by atoms with Gasteiger partial charge >= 0.3 is 0 Å². The van der Waals surface area contributed by atoms with Crippen molar-refractivity contribution in [3.05, 3.63) is 24.5 Å². The van der Waals surface area contributed by atoms with Gasteiger partial charge in [-0.05, 0) is 19.1 Å². The molecular weight excluding hydrogens is 202 g/mol. The van der Waals surface area contributed by atoms with Gasteiger partial charge in [0.1, 0.15) is 0 Å². The summed E-state index contributed by atoms with van der Waals surface area (Å²) in [5.74, 6) is 0. The van der Waals surface area contributed by atoms with Crippen molar-refractivity contribution in [2.45, 2.75) is 12.2 Å². The molecule has 1 rings (SSSR count). The number of anilines is 1. The van der Waals surface area contributed by atoms with E-state index in [9.17, 15) is 8.42 Å². The summed E-state index contributed by atoms with van der Waals surface area (Å²) in [6, 6.07) is 3.29. The van der Waals surface area contributed by atoms with Gasteiger partial charge in [0, 0.05) is 12.7 Å². The Balaban J connectivity index is 2.79. The minimum atomic E-state index is -3.38. The number of hydrogen-bond acceptors (Lipinski definition) is 4. The van der Waals surface area contributed by atoms with Crippen molar-refractivity contribution in [3.8, 4) is 0 Å². The summed E-state index contributed by atoms with van der Waals surface area (Å²) in [5.41, 5.74) is 5.73. The van der Waals surface area contributed by atoms with Crippen molar-refractivity contribution in [3.63, 3.8) is 0 Å². The van der Waals surface area contributed by atoms with Crippen LogP contribution < -0.4 is 10.5 Å². The lowest BCUT2D eigenvalue weighted by atomic mass is 10.4. The Kier molecular flexibility index (Phi) is 3.43. The second kappa shape index (κ2) is 4.39. The molecule has 14 heavy (non-hydrogen) atoms. The first kappa shape index (κ1) is 10.9. The van der Waals surface area contributed by atoms with Crippen molar-refractivity contribution in [2.24, 2.45) is 5.73 Å². The number of rotatable bonds is 4. The van der Waals surface area contributed by atoms with Gasteiger partial charge in [-0.1, -0.05) is 0 Å². The number of nitrogens with two attached hydrogens (primary N) is 1. The number of nitrogens with zero attached hydrogens (tertiary/aromatic N) is 1. The summed E-state index contributed by atoms with van der Waals surface area (Å²) in [4.78, 5) is 3.80. The van der Waals surface area contributed by atoms with Gasteiger partial charge < -0.3 is 5.73 Å². The van der Waals surface area contributed by atoms with Crippen LogP contribution in [-0.2, 0) is 10.0 Å². The zero-order valence-electron chi connectivity index (χ0n) is 7.84. The average molecular weight is 215 g/mol. The first-order valence-corrected chi connectivity index (χ1v) is 5.72. The minimum absolute atomic E-state index is 0.0929. The normalized spacial score (nSPS) is 13.6. The minimum Gasteiger partial charge on any atom is -0.329 e. The molecule has 6 heteroatoms. The van der Waals surface area contributed by atoms with E-state index in [-0.39, 0.29) is 6.54 Å². The van der Waals surface area contributed by atoms with Crippen molar-refractivity contribution >= 4 is 15.7 Å². The fourth-order valence-corrected chi connectivity index (χ4v) is 1.72. The van der Waals surface area contributed by atoms with E-state index in [1.165, 1.54) is 6.20 Å². The van der Waals surface area contributed by atoms with Crippen molar-refractivity contribution in [2.75, 3.05) is 11.3 Å². The molecule has 0 aromatic carbocycles. The molecule has 0 radical (unpaired) electrons. The van der Waals surface area contributed by atoms with E-state index in [4.69, 9.17) is 5.73 Å². The quantitative estimate of drug-likeness (QED) is 0.749. The smallest absolute Gasteiger partial charge is 0.236 e. The van der Waals surface area contributed by atoms with E-state index >= 15 is 0 Å². The summed E-state index contributed by atoms with van der Waals surface area (Å²) in [5, 5.41) is -0.609. The number of nitrogens with one attached hydrogen (secondary N) is 1. The summed E-state index contributed by atoms with van der Waals surface area (Å²) in [7, 11) is -3.38. The maximum atomic E-state index is 11.5. The van der Waals surface area contributed by atoms with E-state index in [1.807, 2.05) is 0 Å². The standard InChI is InChI=1S/C8H13N3O2S/c1-7(5-9)14(12,13)11-8-3-2-4-10-6-8/h2-4,6-7,11H,5,9H2,1H3. The molecule has 0 saturated heterocycles. The van der Waals surface area contributed by atoms with Gasteiger partial charge in [0.2, 0.25) is 10.0 Å². The van der Waals surface area contributed by atoms with Crippen LogP contribution in [0.1, 0.15) is 6.92 Å². The molecule has 1 aromatic heterocycles. The topological polar surface area (TPSA) is 85.1 Å². The molecule has 1 unspecified atom stereocenters. The lowest BCUT2D eigenvalue weighted by Crippen LogP contribution is -2.31. The fraction of sp³-hybridized carbons (Fsp3) is 0.375. The molecule has 1 atom stereocenters. The third kappa shape index (κ3) is 2.68. The third-order valence-corrected chi connectivity index (χ3v) is 3.56. The molecule has 1 aromatic rings. The molecule has 0 aliphatic carbocycles. The largest absolute Gasteiger partial charge is 0.329 e. The molecule has 0 saturated carbocycles. The highest BCUT2D eigenvalue weighted by atomic mass is 32.2. The van der Waals surface area contributed by atoms with E-state index in [0.717, 1.165) is 0 Å². The zero-order valence-corrected chi connectivity index (χ0v) is 8.66. The van der Waals surface area contributed by atoms with Crippen molar-refractivity contribution in [1.82, 2.24) is 4.98 Å². The van der Waals surface area contributed by atoms with Crippen LogP contribution in [0.5, 0.6) is 0 Å². The van der Waals surface area contributed by atoms with Crippen LogP contribution in [-0.4, -0.2) is 25.2 Å². The van der Waals surface area contributed by atoms with Crippen LogP contribution in [0.2, 0.25) is 0 Å². The Morgan fingerprint density at radius 3 is 2.86 bits per heavy atom. The van der Waals surface area contributed by atoms with Gasteiger partial charge in [-0.2, -0.15) is 0 Å². The van der Waals surface area contributed by atoms with E-state index in [1.54, 1.807) is 25.3 Å². The predicted octanol–water partition coefficient (Wildman–Crippen LogP) is 0.170. The lowest BCUT2D eigenvalue weighted by Gasteiger charge is -2.12. The van der Waals surface area contributed by atoms with Gasteiger partial charge in [0.15, 0.2) is 0 Å². The molecule has 3 N–H and O–H groups in total. The lowest BCUT2D eigenvalue weighted by molar-refractivity contribution is 0.589. The van der Waals surface area contributed by atoms with Gasteiger partial charge in [-0.25, -0.2) is 8.42 Å². The number of sulfonamides is 1. The number of hydrogen-bond donors (Lipinski definition) is 2. The maximum absolute atomic E-state index is 11.5. The fourth-order valence-electron chi connectivity index (χ4n) is 0.815. The van der Waals surface area contributed by atoms with Crippen LogP contribution in [0, 0.1) is 0 Å². The highest BCUT2D eigenvalue weighted by molar-refractivity contribution is 7.93. The first-order valence-electron chi connectivity index (χ1n) is 4.18. The molecule has 0 bridgehead atoms. The summed E-state index contributed by atoms with van der Waals surface area (Å²) in [6.45, 7) is 1.65. The third-order valence-electron chi connectivity index (χ3n) is 1.78. The van der Waals surface area contributed by atoms with E-state index in [0.29, 0.717) is 5.69 Å². The molecular formula is C8H13N3O2S. The van der Waals surface area contributed by atoms with Gasteiger partial charge in [0.05, 0.1) is 17.1 Å². The monoisotopic (exact) mass is 215 g/mol. The Labute approximate surface area is 83.4 Å². The average Bonchev–Trinajstić information content (AvgIpc) is 2.17. The maximum Gasteiger partial charge on any atom is 0.236 e. The Hall–Kier alpha value is -1.14. The predicted molar refractivity (Wildman–Crippen MR) is 55.3 cm³/mol. The van der Waals surface area contributed by atoms with Gasteiger partial charge in [-0.3, -0.25) is 9.71 Å². The van der Waals surface area contributed by atoms with Crippen molar-refractivity contribution in [1.29, 1.82) is 0 Å². The Morgan fingerprint density at radius 1 is 1.64 bits per heavy atom. The van der Waals surface area contributed by atoms with E-state index in [2.05, 4.69) is 9.71 Å². The molecule has 1 heterocycles. The number of pyridine rings is 1. The highest BCUT2D eigenvalue weighted by Gasteiger charge is 2.18. The Morgan fingerprint density at radius 2 is 2.36 bits per heavy atom. The second-order valence-electron chi connectivity index (χ2n) is 2.94. The SMILES string of the molecule is CC(CN)S(=O)(=O)Nc1cccnc1. The molecule has 0 fully saturated rings. The van der Waals surface area contributed by atoms with Gasteiger partial charge in [0.25, 0.3) is 0 Å². The molecule has 0 aliphatic heterocycles. The summed E-state index contributed by atoms with van der Waals surface area (Å²) in [6.07, 6.45) is 3.02. The van der Waals surface area contributed by atoms with Crippen LogP contribution in [0.15, 0.2) is 24.5 Å². The molecule has 78 valence electrons. The van der Waals surface area contributed by atoms with Crippen LogP contribution >= 0.6 is 0 Å².